The summed E-state index contributed by atoms with van der Waals surface area (Å²) < 4.78 is 28.0. The predicted molar refractivity (Wildman–Crippen MR) is 71.4 cm³/mol. The summed E-state index contributed by atoms with van der Waals surface area (Å²) in [5.41, 5.74) is 0. The number of pyridine rings is 1. The molecule has 0 saturated heterocycles. The normalized spacial score (nSPS) is 11.9. The van der Waals surface area contributed by atoms with Crippen molar-refractivity contribution in [3.8, 4) is 5.82 Å². The zero-order valence-electron chi connectivity index (χ0n) is 10.8. The Bertz CT molecular complexity index is 635. The number of hydrogen-bond donors (Lipinski definition) is 1. The molecule has 0 aliphatic heterocycles. The first-order valence-electron chi connectivity index (χ1n) is 5.95. The lowest BCUT2D eigenvalue weighted by Crippen LogP contribution is -2.27. The van der Waals surface area contributed by atoms with Gasteiger partial charge in [-0.25, -0.2) is 22.8 Å². The number of hydrogen-bond acceptors (Lipinski definition) is 4. The predicted octanol–water partition coefficient (Wildman–Crippen LogP) is 1.20. The van der Waals surface area contributed by atoms with Crippen LogP contribution in [0.4, 0.5) is 0 Å². The van der Waals surface area contributed by atoms with E-state index in [1.807, 2.05) is 19.9 Å². The number of rotatable bonds is 5. The number of nitrogens with zero attached hydrogens (tertiary/aromatic N) is 3. The lowest BCUT2D eigenvalue weighted by atomic mass is 10.2. The van der Waals surface area contributed by atoms with Crippen LogP contribution in [0.25, 0.3) is 5.82 Å². The maximum absolute atomic E-state index is 12.0. The summed E-state index contributed by atoms with van der Waals surface area (Å²) in [6, 6.07) is 5.36. The summed E-state index contributed by atoms with van der Waals surface area (Å²) in [6.45, 7) is 4.29. The van der Waals surface area contributed by atoms with Crippen LogP contribution in [0, 0.1) is 5.92 Å². The highest BCUT2D eigenvalue weighted by molar-refractivity contribution is 7.89. The Balaban J connectivity index is 2.22. The number of nitrogens with one attached hydrogen (secondary N) is 1. The van der Waals surface area contributed by atoms with Gasteiger partial charge in [0.05, 0.1) is 12.4 Å². The van der Waals surface area contributed by atoms with Gasteiger partial charge in [-0.2, -0.15) is 5.10 Å². The van der Waals surface area contributed by atoms with Crippen molar-refractivity contribution in [1.29, 1.82) is 0 Å². The largest absolute Gasteiger partial charge is 0.243 e. The average molecular weight is 280 g/mol. The summed E-state index contributed by atoms with van der Waals surface area (Å²) in [5.74, 6) is 0.827. The fraction of sp³-hybridized carbons (Fsp3) is 0.333. The van der Waals surface area contributed by atoms with Crippen molar-refractivity contribution in [3.63, 3.8) is 0 Å². The third kappa shape index (κ3) is 3.39. The third-order valence-electron chi connectivity index (χ3n) is 2.43. The molecule has 1 N–H and O–H groups in total. The molecular weight excluding hydrogens is 264 g/mol. The van der Waals surface area contributed by atoms with E-state index < -0.39 is 10.0 Å². The van der Waals surface area contributed by atoms with Gasteiger partial charge < -0.3 is 0 Å². The topological polar surface area (TPSA) is 76.9 Å². The zero-order valence-corrected chi connectivity index (χ0v) is 11.6. The Morgan fingerprint density at radius 3 is 2.79 bits per heavy atom. The maximum atomic E-state index is 12.0. The Morgan fingerprint density at radius 2 is 2.16 bits per heavy atom. The van der Waals surface area contributed by atoms with Gasteiger partial charge in [-0.3, -0.25) is 0 Å². The molecular formula is C12H16N4O2S. The second kappa shape index (κ2) is 5.50. The molecule has 0 bridgehead atoms. The maximum Gasteiger partial charge on any atom is 0.243 e. The molecule has 0 aliphatic rings. The molecule has 0 unspecified atom stereocenters. The first-order chi connectivity index (χ1) is 8.99. The van der Waals surface area contributed by atoms with E-state index >= 15 is 0 Å². The fourth-order valence-electron chi connectivity index (χ4n) is 1.42. The van der Waals surface area contributed by atoms with Gasteiger partial charge in [0.15, 0.2) is 5.82 Å². The van der Waals surface area contributed by atoms with Crippen LogP contribution in [0.5, 0.6) is 0 Å². The number of sulfonamides is 1. The van der Waals surface area contributed by atoms with E-state index in [0.717, 1.165) is 0 Å². The van der Waals surface area contributed by atoms with Crippen LogP contribution >= 0.6 is 0 Å². The van der Waals surface area contributed by atoms with Gasteiger partial charge in [0, 0.05) is 12.7 Å². The van der Waals surface area contributed by atoms with E-state index in [4.69, 9.17) is 0 Å². The molecule has 2 aromatic heterocycles. The first-order valence-corrected chi connectivity index (χ1v) is 7.43. The quantitative estimate of drug-likeness (QED) is 0.893. The standard InChI is InChI=1S/C12H16N4O2S/c1-10(2)7-15-19(17,18)11-8-14-16(9-11)12-5-3-4-6-13-12/h3-6,8-10,15H,7H2,1-2H3. The van der Waals surface area contributed by atoms with Crippen LogP contribution in [0.3, 0.4) is 0 Å². The summed E-state index contributed by atoms with van der Waals surface area (Å²) in [5, 5.41) is 4.01. The molecule has 0 saturated carbocycles. The molecule has 0 aromatic carbocycles. The molecule has 0 amide bonds. The summed E-state index contributed by atoms with van der Waals surface area (Å²) >= 11 is 0. The molecule has 0 spiro atoms. The van der Waals surface area contributed by atoms with Crippen LogP contribution in [0.1, 0.15) is 13.8 Å². The van der Waals surface area contributed by atoms with Crippen molar-refractivity contribution in [1.82, 2.24) is 19.5 Å². The molecule has 2 heterocycles. The lowest BCUT2D eigenvalue weighted by molar-refractivity contribution is 0.560. The smallest absolute Gasteiger partial charge is 0.237 e. The molecule has 0 atom stereocenters. The molecule has 6 nitrogen and oxygen atoms in total. The zero-order chi connectivity index (χ0) is 13.9. The molecule has 2 rings (SSSR count). The molecule has 2 aromatic rings. The van der Waals surface area contributed by atoms with Crippen molar-refractivity contribution in [3.05, 3.63) is 36.8 Å². The van der Waals surface area contributed by atoms with Crippen LogP contribution in [-0.4, -0.2) is 29.7 Å². The van der Waals surface area contributed by atoms with Gasteiger partial charge in [-0.1, -0.05) is 19.9 Å². The molecule has 0 fully saturated rings. The molecule has 102 valence electrons. The van der Waals surface area contributed by atoms with Crippen LogP contribution < -0.4 is 4.72 Å². The second-order valence-corrected chi connectivity index (χ2v) is 6.32. The van der Waals surface area contributed by atoms with Gasteiger partial charge >= 0.3 is 0 Å². The summed E-state index contributed by atoms with van der Waals surface area (Å²) in [4.78, 5) is 4.24. The van der Waals surface area contributed by atoms with Crippen molar-refractivity contribution in [2.75, 3.05) is 6.54 Å². The summed E-state index contributed by atoms with van der Waals surface area (Å²) in [7, 11) is -3.50. The van der Waals surface area contributed by atoms with E-state index in [9.17, 15) is 8.42 Å². The van der Waals surface area contributed by atoms with Crippen LogP contribution in [0.2, 0.25) is 0 Å². The molecule has 0 radical (unpaired) electrons. The fourth-order valence-corrected chi connectivity index (χ4v) is 2.56. The Labute approximate surface area is 112 Å². The van der Waals surface area contributed by atoms with Crippen molar-refractivity contribution in [2.24, 2.45) is 5.92 Å². The minimum absolute atomic E-state index is 0.138. The van der Waals surface area contributed by atoms with Crippen molar-refractivity contribution >= 4 is 10.0 Å². The van der Waals surface area contributed by atoms with Gasteiger partial charge in [0.2, 0.25) is 10.0 Å². The van der Waals surface area contributed by atoms with E-state index in [1.54, 1.807) is 18.3 Å². The highest BCUT2D eigenvalue weighted by Gasteiger charge is 2.17. The molecule has 7 heteroatoms. The van der Waals surface area contributed by atoms with Crippen LogP contribution in [0.15, 0.2) is 41.7 Å². The highest BCUT2D eigenvalue weighted by Crippen LogP contribution is 2.10. The van der Waals surface area contributed by atoms with Crippen LogP contribution in [-0.2, 0) is 10.0 Å². The Kier molecular flexibility index (Phi) is 3.96. The van der Waals surface area contributed by atoms with Crippen molar-refractivity contribution < 1.29 is 8.42 Å². The van der Waals surface area contributed by atoms with E-state index in [-0.39, 0.29) is 10.8 Å². The molecule has 19 heavy (non-hydrogen) atoms. The summed E-state index contributed by atoms with van der Waals surface area (Å²) in [6.07, 6.45) is 4.39. The minimum Gasteiger partial charge on any atom is -0.237 e. The minimum atomic E-state index is -3.50. The van der Waals surface area contributed by atoms with Gasteiger partial charge in [-0.05, 0) is 18.1 Å². The Morgan fingerprint density at radius 1 is 1.37 bits per heavy atom. The van der Waals surface area contributed by atoms with Gasteiger partial charge in [-0.15, -0.1) is 0 Å². The van der Waals surface area contributed by atoms with E-state index in [1.165, 1.54) is 17.1 Å². The second-order valence-electron chi connectivity index (χ2n) is 4.55. The van der Waals surface area contributed by atoms with E-state index in [0.29, 0.717) is 12.4 Å². The third-order valence-corrected chi connectivity index (χ3v) is 3.81. The Hall–Kier alpha value is -1.73. The monoisotopic (exact) mass is 280 g/mol. The van der Waals surface area contributed by atoms with E-state index in [2.05, 4.69) is 14.8 Å². The van der Waals surface area contributed by atoms with Crippen molar-refractivity contribution in [2.45, 2.75) is 18.7 Å². The number of aromatic nitrogens is 3. The average Bonchev–Trinajstić information content (AvgIpc) is 2.88. The molecule has 0 aliphatic carbocycles. The first kappa shape index (κ1) is 13.7. The lowest BCUT2D eigenvalue weighted by Gasteiger charge is -2.06. The van der Waals surface area contributed by atoms with Gasteiger partial charge in [0.25, 0.3) is 0 Å². The SMILES string of the molecule is CC(C)CNS(=O)(=O)c1cnn(-c2ccccn2)c1. The van der Waals surface area contributed by atoms with Gasteiger partial charge in [0.1, 0.15) is 4.90 Å². The highest BCUT2D eigenvalue weighted by atomic mass is 32.2.